The lowest BCUT2D eigenvalue weighted by Gasteiger charge is -2.16. The predicted octanol–water partition coefficient (Wildman–Crippen LogP) is 1.41. The summed E-state index contributed by atoms with van der Waals surface area (Å²) in [4.78, 5) is 26.7. The number of carboxylic acids is 1. The Bertz CT molecular complexity index is 404. The molecule has 1 aromatic rings. The van der Waals surface area contributed by atoms with Crippen molar-refractivity contribution >= 4 is 11.9 Å². The van der Waals surface area contributed by atoms with Crippen molar-refractivity contribution < 1.29 is 14.7 Å². The van der Waals surface area contributed by atoms with Gasteiger partial charge in [0.15, 0.2) is 0 Å². The summed E-state index contributed by atoms with van der Waals surface area (Å²) >= 11 is 0. The third kappa shape index (κ3) is 4.53. The number of carboxylic acid groups (broad SMARTS) is 1. The Kier molecular flexibility index (Phi) is 5.30. The van der Waals surface area contributed by atoms with Gasteiger partial charge in [0.05, 0.1) is 12.3 Å². The van der Waals surface area contributed by atoms with Crippen LogP contribution < -0.4 is 5.32 Å². The second-order valence-corrected chi connectivity index (χ2v) is 4.58. The Hall–Kier alpha value is -1.91. The van der Waals surface area contributed by atoms with E-state index in [9.17, 15) is 9.59 Å². The predicted molar refractivity (Wildman–Crippen MR) is 67.1 cm³/mol. The summed E-state index contributed by atoms with van der Waals surface area (Å²) in [6.07, 6.45) is 2.89. The molecule has 1 amide bonds. The van der Waals surface area contributed by atoms with Crippen LogP contribution in [0, 0.1) is 5.92 Å². The second-order valence-electron chi connectivity index (χ2n) is 4.58. The van der Waals surface area contributed by atoms with Gasteiger partial charge in [-0.2, -0.15) is 0 Å². The van der Waals surface area contributed by atoms with Crippen molar-refractivity contribution in [3.8, 4) is 0 Å². The lowest BCUT2D eigenvalue weighted by atomic mass is 9.96. The van der Waals surface area contributed by atoms with Crippen LogP contribution in [0.4, 0.5) is 0 Å². The molecule has 0 aliphatic carbocycles. The van der Waals surface area contributed by atoms with E-state index >= 15 is 0 Å². The summed E-state index contributed by atoms with van der Waals surface area (Å²) in [5, 5.41) is 11.6. The molecule has 0 saturated heterocycles. The third-order valence-corrected chi connectivity index (χ3v) is 2.47. The third-order valence-electron chi connectivity index (χ3n) is 2.47. The van der Waals surface area contributed by atoms with Crippen LogP contribution in [0.2, 0.25) is 0 Å². The minimum absolute atomic E-state index is 0.227. The van der Waals surface area contributed by atoms with Crippen LogP contribution in [-0.4, -0.2) is 28.5 Å². The summed E-state index contributed by atoms with van der Waals surface area (Å²) in [5.41, 5.74) is 0.626. The highest BCUT2D eigenvalue weighted by atomic mass is 16.4. The van der Waals surface area contributed by atoms with Crippen LogP contribution in [0.5, 0.6) is 0 Å². The fraction of sp³-hybridized carbons (Fsp3) is 0.462. The van der Waals surface area contributed by atoms with E-state index in [-0.39, 0.29) is 12.3 Å². The Morgan fingerprint density at radius 1 is 1.44 bits per heavy atom. The zero-order valence-corrected chi connectivity index (χ0v) is 10.6. The molecule has 0 bridgehead atoms. The molecule has 0 aliphatic rings. The van der Waals surface area contributed by atoms with E-state index in [2.05, 4.69) is 10.3 Å². The standard InChI is InChI=1S/C13H18N2O3/c1-9(2)7-15-13(18)11(6-12(16)17)10-4-3-5-14-8-10/h3-5,8-9,11H,6-7H2,1-2H3,(H,15,18)(H,16,17). The van der Waals surface area contributed by atoms with Crippen molar-refractivity contribution in [2.75, 3.05) is 6.54 Å². The quantitative estimate of drug-likeness (QED) is 0.800. The van der Waals surface area contributed by atoms with Gasteiger partial charge < -0.3 is 10.4 Å². The van der Waals surface area contributed by atoms with E-state index in [4.69, 9.17) is 5.11 Å². The number of carbonyl (C=O) groups is 2. The smallest absolute Gasteiger partial charge is 0.304 e. The van der Waals surface area contributed by atoms with E-state index in [1.807, 2.05) is 13.8 Å². The molecule has 98 valence electrons. The van der Waals surface area contributed by atoms with Gasteiger partial charge in [0, 0.05) is 18.9 Å². The van der Waals surface area contributed by atoms with E-state index in [1.165, 1.54) is 6.20 Å². The molecule has 1 rings (SSSR count). The van der Waals surface area contributed by atoms with Gasteiger partial charge in [-0.25, -0.2) is 0 Å². The Labute approximate surface area is 106 Å². The van der Waals surface area contributed by atoms with Crippen LogP contribution in [0.25, 0.3) is 0 Å². The number of nitrogens with zero attached hydrogens (tertiary/aromatic N) is 1. The normalized spacial score (nSPS) is 12.2. The van der Waals surface area contributed by atoms with E-state index < -0.39 is 11.9 Å². The minimum atomic E-state index is -0.997. The summed E-state index contributed by atoms with van der Waals surface area (Å²) in [6.45, 7) is 4.50. The fourth-order valence-electron chi connectivity index (χ4n) is 1.55. The molecular weight excluding hydrogens is 232 g/mol. The van der Waals surface area contributed by atoms with Crippen molar-refractivity contribution in [2.24, 2.45) is 5.92 Å². The first kappa shape index (κ1) is 14.2. The van der Waals surface area contributed by atoms with Gasteiger partial charge in [-0.05, 0) is 17.5 Å². The van der Waals surface area contributed by atoms with Crippen LogP contribution in [-0.2, 0) is 9.59 Å². The minimum Gasteiger partial charge on any atom is -0.481 e. The molecule has 0 radical (unpaired) electrons. The van der Waals surface area contributed by atoms with Crippen molar-refractivity contribution in [2.45, 2.75) is 26.2 Å². The summed E-state index contributed by atoms with van der Waals surface area (Å²) in [7, 11) is 0. The zero-order chi connectivity index (χ0) is 13.5. The highest BCUT2D eigenvalue weighted by molar-refractivity contribution is 5.87. The van der Waals surface area contributed by atoms with Gasteiger partial charge >= 0.3 is 5.97 Å². The average Bonchev–Trinajstić information content (AvgIpc) is 2.34. The molecule has 5 nitrogen and oxygen atoms in total. The molecule has 1 aromatic heterocycles. The van der Waals surface area contributed by atoms with E-state index in [0.717, 1.165) is 0 Å². The monoisotopic (exact) mass is 250 g/mol. The number of hydrogen-bond donors (Lipinski definition) is 2. The van der Waals surface area contributed by atoms with Crippen molar-refractivity contribution in [3.05, 3.63) is 30.1 Å². The maximum Gasteiger partial charge on any atom is 0.304 e. The first-order valence-corrected chi connectivity index (χ1v) is 5.90. The number of aliphatic carboxylic acids is 1. The number of aromatic nitrogens is 1. The fourth-order valence-corrected chi connectivity index (χ4v) is 1.55. The Balaban J connectivity index is 2.78. The second kappa shape index (κ2) is 6.74. The molecule has 0 aromatic carbocycles. The summed E-state index contributed by atoms with van der Waals surface area (Å²) in [6, 6.07) is 3.41. The topological polar surface area (TPSA) is 79.3 Å². The lowest BCUT2D eigenvalue weighted by Crippen LogP contribution is -2.33. The van der Waals surface area contributed by atoms with E-state index in [1.54, 1.807) is 18.3 Å². The average molecular weight is 250 g/mol. The number of carbonyl (C=O) groups excluding carboxylic acids is 1. The molecule has 1 atom stereocenters. The molecule has 0 saturated carbocycles. The molecule has 0 aliphatic heterocycles. The van der Waals surface area contributed by atoms with Gasteiger partial charge in [0.1, 0.15) is 0 Å². The molecule has 2 N–H and O–H groups in total. The van der Waals surface area contributed by atoms with Gasteiger partial charge in [0.2, 0.25) is 5.91 Å². The molecule has 1 unspecified atom stereocenters. The van der Waals surface area contributed by atoms with Crippen LogP contribution in [0.15, 0.2) is 24.5 Å². The molecule has 1 heterocycles. The number of hydrogen-bond acceptors (Lipinski definition) is 3. The SMILES string of the molecule is CC(C)CNC(=O)C(CC(=O)O)c1cccnc1. The van der Waals surface area contributed by atoms with Gasteiger partial charge in [-0.15, -0.1) is 0 Å². The molecule has 5 heteroatoms. The van der Waals surface area contributed by atoms with Crippen LogP contribution in [0.3, 0.4) is 0 Å². The Morgan fingerprint density at radius 2 is 2.17 bits per heavy atom. The first-order valence-electron chi connectivity index (χ1n) is 5.90. The summed E-state index contributed by atoms with van der Waals surface area (Å²) in [5.74, 6) is -1.62. The maximum absolute atomic E-state index is 12.0. The molecule has 0 fully saturated rings. The van der Waals surface area contributed by atoms with Crippen molar-refractivity contribution in [1.29, 1.82) is 0 Å². The molecule has 18 heavy (non-hydrogen) atoms. The molecule has 0 spiro atoms. The number of nitrogens with one attached hydrogen (secondary N) is 1. The van der Waals surface area contributed by atoms with Crippen LogP contribution >= 0.6 is 0 Å². The van der Waals surface area contributed by atoms with Crippen molar-refractivity contribution in [1.82, 2.24) is 10.3 Å². The highest BCUT2D eigenvalue weighted by Crippen LogP contribution is 2.19. The van der Waals surface area contributed by atoms with Gasteiger partial charge in [0.25, 0.3) is 0 Å². The zero-order valence-electron chi connectivity index (χ0n) is 10.6. The van der Waals surface area contributed by atoms with Gasteiger partial charge in [-0.3, -0.25) is 14.6 Å². The highest BCUT2D eigenvalue weighted by Gasteiger charge is 2.23. The van der Waals surface area contributed by atoms with Crippen molar-refractivity contribution in [3.63, 3.8) is 0 Å². The van der Waals surface area contributed by atoms with Crippen LogP contribution in [0.1, 0.15) is 31.7 Å². The molecular formula is C13H18N2O3. The summed E-state index contributed by atoms with van der Waals surface area (Å²) < 4.78 is 0. The van der Waals surface area contributed by atoms with E-state index in [0.29, 0.717) is 18.0 Å². The van der Waals surface area contributed by atoms with Gasteiger partial charge in [-0.1, -0.05) is 19.9 Å². The Morgan fingerprint density at radius 3 is 2.67 bits per heavy atom. The number of rotatable bonds is 6. The largest absolute Gasteiger partial charge is 0.481 e. The number of amides is 1. The first-order chi connectivity index (χ1) is 8.50. The number of pyridine rings is 1. The lowest BCUT2D eigenvalue weighted by molar-refractivity contribution is -0.139. The maximum atomic E-state index is 12.0.